The number of pyridine rings is 1. The van der Waals surface area contributed by atoms with Crippen molar-refractivity contribution in [1.29, 1.82) is 5.26 Å². The maximum absolute atomic E-state index is 14.1. The predicted molar refractivity (Wildman–Crippen MR) is 131 cm³/mol. The number of aromatic amines is 1. The van der Waals surface area contributed by atoms with Gasteiger partial charge in [0.1, 0.15) is 10.9 Å². The molecule has 2 aromatic heterocycles. The Bertz CT molecular complexity index is 1310. The van der Waals surface area contributed by atoms with Crippen molar-refractivity contribution in [3.05, 3.63) is 52.4 Å². The van der Waals surface area contributed by atoms with Gasteiger partial charge >= 0.3 is 6.18 Å². The van der Waals surface area contributed by atoms with Gasteiger partial charge in [0.15, 0.2) is 5.82 Å². The van der Waals surface area contributed by atoms with Crippen molar-refractivity contribution in [3.63, 3.8) is 0 Å². The maximum Gasteiger partial charge on any atom is 0.410 e. The number of nitrogens with one attached hydrogen (secondary N) is 3. The van der Waals surface area contributed by atoms with Crippen molar-refractivity contribution in [1.82, 2.24) is 20.1 Å². The number of hydrogen-bond acceptors (Lipinski definition) is 5. The summed E-state index contributed by atoms with van der Waals surface area (Å²) in [5.41, 5.74) is -1.04. The van der Waals surface area contributed by atoms with E-state index in [9.17, 15) is 23.2 Å². The van der Waals surface area contributed by atoms with Crippen molar-refractivity contribution in [3.8, 4) is 6.07 Å². The van der Waals surface area contributed by atoms with Gasteiger partial charge in [0.05, 0.1) is 23.5 Å². The average molecular weight is 499 g/mol. The average Bonchev–Trinajstić information content (AvgIpc) is 3.07. The van der Waals surface area contributed by atoms with Crippen LogP contribution in [0.2, 0.25) is 0 Å². The fraction of sp³-hybridized carbons (Fsp3) is 0.500. The van der Waals surface area contributed by atoms with Gasteiger partial charge in [-0.2, -0.15) is 23.5 Å². The zero-order valence-electron chi connectivity index (χ0n) is 19.9. The standard InChI is InChI=1S/C26H29F3N6O/c27-26(28,29)25(13-4-5-14-32-25)18-8-10-19(11-9-18)33-23-22-21(12-15-31-24(22)36)35(34-23)20-7-3-1-2-6-17(20)16-30/h8-12,15,17,20,32H,1-7,13-14H2,(H,31,36)(H,33,34). The second kappa shape index (κ2) is 9.62. The summed E-state index contributed by atoms with van der Waals surface area (Å²) >= 11 is 0. The maximum atomic E-state index is 14.1. The summed E-state index contributed by atoms with van der Waals surface area (Å²) in [6, 6.07) is 10.2. The van der Waals surface area contributed by atoms with Crippen LogP contribution in [0.3, 0.4) is 0 Å². The third-order valence-corrected chi connectivity index (χ3v) is 7.62. The highest BCUT2D eigenvalue weighted by atomic mass is 19.4. The van der Waals surface area contributed by atoms with Crippen LogP contribution in [0.1, 0.15) is 63.0 Å². The molecule has 5 rings (SSSR count). The molecule has 7 nitrogen and oxygen atoms in total. The lowest BCUT2D eigenvalue weighted by Crippen LogP contribution is -2.56. The lowest BCUT2D eigenvalue weighted by atomic mass is 9.81. The Morgan fingerprint density at radius 2 is 1.86 bits per heavy atom. The van der Waals surface area contributed by atoms with E-state index in [0.717, 1.165) is 38.5 Å². The highest BCUT2D eigenvalue weighted by molar-refractivity contribution is 5.91. The van der Waals surface area contributed by atoms with E-state index in [4.69, 9.17) is 5.10 Å². The smallest absolute Gasteiger partial charge is 0.338 e. The highest BCUT2D eigenvalue weighted by Gasteiger charge is 2.56. The Balaban J connectivity index is 1.50. The van der Waals surface area contributed by atoms with Crippen LogP contribution in [0.15, 0.2) is 41.3 Å². The van der Waals surface area contributed by atoms with Crippen LogP contribution in [-0.4, -0.2) is 27.5 Å². The van der Waals surface area contributed by atoms with E-state index in [-0.39, 0.29) is 29.5 Å². The zero-order valence-corrected chi connectivity index (χ0v) is 19.9. The van der Waals surface area contributed by atoms with Crippen molar-refractivity contribution in [2.45, 2.75) is 69.1 Å². The Morgan fingerprint density at radius 3 is 2.56 bits per heavy atom. The quantitative estimate of drug-likeness (QED) is 0.404. The number of anilines is 2. The lowest BCUT2D eigenvalue weighted by Gasteiger charge is -2.40. The first-order chi connectivity index (χ1) is 17.3. The molecule has 190 valence electrons. The number of fused-ring (bicyclic) bond motifs is 1. The fourth-order valence-electron chi connectivity index (χ4n) is 5.70. The largest absolute Gasteiger partial charge is 0.410 e. The summed E-state index contributed by atoms with van der Waals surface area (Å²) < 4.78 is 44.0. The Kier molecular flexibility index (Phi) is 6.51. The Hall–Kier alpha value is -3.32. The van der Waals surface area contributed by atoms with Gasteiger partial charge in [-0.3, -0.25) is 14.8 Å². The molecule has 10 heteroatoms. The van der Waals surface area contributed by atoms with Gasteiger partial charge in [-0.15, -0.1) is 0 Å². The van der Waals surface area contributed by atoms with Crippen molar-refractivity contribution in [2.24, 2.45) is 5.92 Å². The molecular formula is C26H29F3N6O. The molecule has 0 amide bonds. The predicted octanol–water partition coefficient (Wildman–Crippen LogP) is 5.64. The minimum absolute atomic E-state index is 0.00482. The highest BCUT2D eigenvalue weighted by Crippen LogP contribution is 2.44. The van der Waals surface area contributed by atoms with Crippen molar-refractivity contribution in [2.75, 3.05) is 11.9 Å². The van der Waals surface area contributed by atoms with Gasteiger partial charge in [-0.1, -0.05) is 31.4 Å². The third kappa shape index (κ3) is 4.26. The number of rotatable bonds is 4. The van der Waals surface area contributed by atoms with Gasteiger partial charge in [-0.25, -0.2) is 0 Å². The minimum Gasteiger partial charge on any atom is -0.338 e. The van der Waals surface area contributed by atoms with E-state index in [1.165, 1.54) is 12.1 Å². The van der Waals surface area contributed by atoms with Gasteiger partial charge in [0.2, 0.25) is 0 Å². The molecule has 0 spiro atoms. The second-order valence-electron chi connectivity index (χ2n) is 9.79. The second-order valence-corrected chi connectivity index (χ2v) is 9.79. The molecule has 3 unspecified atom stereocenters. The summed E-state index contributed by atoms with van der Waals surface area (Å²) in [6.45, 7) is 0.316. The van der Waals surface area contributed by atoms with Crippen LogP contribution >= 0.6 is 0 Å². The first kappa shape index (κ1) is 24.4. The van der Waals surface area contributed by atoms with Gasteiger partial charge in [0, 0.05) is 11.9 Å². The topological polar surface area (TPSA) is 98.5 Å². The summed E-state index contributed by atoms with van der Waals surface area (Å²) in [4.78, 5) is 15.5. The van der Waals surface area contributed by atoms with Crippen LogP contribution in [0.5, 0.6) is 0 Å². The summed E-state index contributed by atoms with van der Waals surface area (Å²) in [6.07, 6.45) is 2.96. The number of piperidine rings is 1. The van der Waals surface area contributed by atoms with E-state index in [1.54, 1.807) is 29.1 Å². The number of hydrogen-bond donors (Lipinski definition) is 3. The van der Waals surface area contributed by atoms with E-state index >= 15 is 0 Å². The minimum atomic E-state index is -4.42. The zero-order chi connectivity index (χ0) is 25.3. The van der Waals surface area contributed by atoms with E-state index in [2.05, 4.69) is 21.7 Å². The molecule has 1 saturated heterocycles. The van der Waals surface area contributed by atoms with Crippen LogP contribution in [0, 0.1) is 17.2 Å². The number of halogens is 3. The number of alkyl halides is 3. The summed E-state index contributed by atoms with van der Waals surface area (Å²) in [5, 5.41) is 20.7. The molecule has 0 bridgehead atoms. The molecular weight excluding hydrogens is 469 g/mol. The molecule has 3 heterocycles. The molecule has 0 radical (unpaired) electrons. The molecule has 1 aliphatic heterocycles. The summed E-state index contributed by atoms with van der Waals surface area (Å²) in [7, 11) is 0. The van der Waals surface area contributed by atoms with E-state index in [0.29, 0.717) is 35.4 Å². The van der Waals surface area contributed by atoms with Crippen molar-refractivity contribution < 1.29 is 13.2 Å². The number of nitriles is 1. The van der Waals surface area contributed by atoms with E-state index < -0.39 is 11.7 Å². The van der Waals surface area contributed by atoms with Crippen LogP contribution < -0.4 is 16.2 Å². The van der Waals surface area contributed by atoms with Gasteiger partial charge in [0.25, 0.3) is 5.56 Å². The van der Waals surface area contributed by atoms with Crippen LogP contribution in [-0.2, 0) is 5.54 Å². The molecule has 1 aromatic carbocycles. The molecule has 3 aromatic rings. The SMILES string of the molecule is N#CC1CCCCCC1n1nc(Nc2ccc(C3(C(F)(F)F)CCCCN3)cc2)c2c(=O)[nH]ccc21. The Morgan fingerprint density at radius 1 is 1.08 bits per heavy atom. The number of H-pyrrole nitrogens is 1. The molecule has 2 aliphatic rings. The first-order valence-electron chi connectivity index (χ1n) is 12.5. The monoisotopic (exact) mass is 498 g/mol. The van der Waals surface area contributed by atoms with Crippen LogP contribution in [0.4, 0.5) is 24.7 Å². The molecule has 1 saturated carbocycles. The molecule has 3 N–H and O–H groups in total. The fourth-order valence-corrected chi connectivity index (χ4v) is 5.70. The molecule has 1 aliphatic carbocycles. The van der Waals surface area contributed by atoms with Gasteiger partial charge < -0.3 is 10.3 Å². The molecule has 36 heavy (non-hydrogen) atoms. The number of aromatic nitrogens is 3. The number of benzene rings is 1. The Labute approximate surface area is 206 Å². The molecule has 3 atom stereocenters. The van der Waals surface area contributed by atoms with Crippen LogP contribution in [0.25, 0.3) is 10.9 Å². The first-order valence-corrected chi connectivity index (χ1v) is 12.5. The van der Waals surface area contributed by atoms with Gasteiger partial charge in [-0.05, 0) is 62.4 Å². The summed E-state index contributed by atoms with van der Waals surface area (Å²) in [5.74, 6) is 0.116. The number of nitrogens with zero attached hydrogens (tertiary/aromatic N) is 3. The normalized spacial score (nSPS) is 25.3. The lowest BCUT2D eigenvalue weighted by molar-refractivity contribution is -0.207. The third-order valence-electron chi connectivity index (χ3n) is 7.62. The molecule has 2 fully saturated rings. The van der Waals surface area contributed by atoms with E-state index in [1.807, 2.05) is 0 Å². The van der Waals surface area contributed by atoms with Crippen molar-refractivity contribution >= 4 is 22.4 Å².